The maximum atomic E-state index is 2.54. The molecule has 0 radical (unpaired) electrons. The molecular formula is C92H76N2. The minimum absolute atomic E-state index is 0.122. The molecule has 1 aromatic heterocycles. The Hall–Kier alpha value is -10.5. The lowest BCUT2D eigenvalue weighted by Gasteiger charge is -2.36. The van der Waals surface area contributed by atoms with Gasteiger partial charge in [0, 0.05) is 38.9 Å². The van der Waals surface area contributed by atoms with Crippen molar-refractivity contribution in [3.63, 3.8) is 0 Å². The van der Waals surface area contributed by atoms with E-state index in [-0.39, 0.29) is 16.2 Å². The molecule has 13 aromatic carbocycles. The van der Waals surface area contributed by atoms with Gasteiger partial charge < -0.3 is 9.47 Å². The number of nitrogens with zero attached hydrogens (tertiary/aromatic N) is 2. The second-order valence-corrected chi connectivity index (χ2v) is 29.5. The van der Waals surface area contributed by atoms with Crippen molar-refractivity contribution >= 4 is 38.9 Å². The van der Waals surface area contributed by atoms with E-state index in [9.17, 15) is 0 Å². The van der Waals surface area contributed by atoms with Gasteiger partial charge in [-0.3, -0.25) is 0 Å². The first-order valence-electron chi connectivity index (χ1n) is 33.6. The first-order valence-corrected chi connectivity index (χ1v) is 33.6. The van der Waals surface area contributed by atoms with Gasteiger partial charge in [-0.25, -0.2) is 0 Å². The minimum atomic E-state index is -0.490. The Morgan fingerprint density at radius 1 is 0.319 bits per heavy atom. The third-order valence-electron chi connectivity index (χ3n) is 21.2. The lowest BCUT2D eigenvalue weighted by molar-refractivity contribution is 0.229. The van der Waals surface area contributed by atoms with E-state index in [0.717, 1.165) is 29.2 Å². The topological polar surface area (TPSA) is 8.17 Å². The summed E-state index contributed by atoms with van der Waals surface area (Å²) in [5, 5.41) is 2.47. The molecule has 3 aliphatic rings. The Morgan fingerprint density at radius 2 is 0.745 bits per heavy atom. The van der Waals surface area contributed by atoms with Crippen LogP contribution >= 0.6 is 0 Å². The van der Waals surface area contributed by atoms with E-state index in [1.807, 2.05) is 0 Å². The van der Waals surface area contributed by atoms with Gasteiger partial charge in [0.25, 0.3) is 0 Å². The summed E-state index contributed by atoms with van der Waals surface area (Å²) in [4.78, 5) is 2.42. The highest BCUT2D eigenvalue weighted by molar-refractivity contribution is 6.10. The number of aromatic nitrogens is 1. The van der Waals surface area contributed by atoms with E-state index in [0.29, 0.717) is 5.92 Å². The van der Waals surface area contributed by atoms with Crippen LogP contribution in [-0.4, -0.2) is 4.57 Å². The van der Waals surface area contributed by atoms with Crippen molar-refractivity contribution in [1.29, 1.82) is 0 Å². The Kier molecular flexibility index (Phi) is 13.1. The molecule has 0 fully saturated rings. The van der Waals surface area contributed by atoms with Crippen molar-refractivity contribution in [1.82, 2.24) is 4.57 Å². The number of hydrogen-bond donors (Lipinski definition) is 0. The summed E-state index contributed by atoms with van der Waals surface area (Å²) >= 11 is 0. The van der Waals surface area contributed by atoms with Crippen LogP contribution in [0.2, 0.25) is 0 Å². The lowest BCUT2D eigenvalue weighted by Crippen LogP contribution is -2.26. The predicted octanol–water partition coefficient (Wildman–Crippen LogP) is 25.1. The summed E-state index contributed by atoms with van der Waals surface area (Å²) in [5.41, 5.74) is 33.8. The highest BCUT2D eigenvalue weighted by Crippen LogP contribution is 2.64. The minimum Gasteiger partial charge on any atom is -0.310 e. The fourth-order valence-corrected chi connectivity index (χ4v) is 16.7. The number of benzene rings is 13. The zero-order valence-corrected chi connectivity index (χ0v) is 55.0. The van der Waals surface area contributed by atoms with Crippen LogP contribution in [0, 0.1) is 10.8 Å². The molecule has 0 amide bonds. The zero-order valence-electron chi connectivity index (χ0n) is 55.0. The fourth-order valence-electron chi connectivity index (χ4n) is 16.7. The molecule has 2 nitrogen and oxygen atoms in total. The highest BCUT2D eigenvalue weighted by atomic mass is 15.1. The molecule has 0 saturated carbocycles. The third-order valence-corrected chi connectivity index (χ3v) is 21.2. The summed E-state index contributed by atoms with van der Waals surface area (Å²) in [6.07, 6.45) is 1.13. The van der Waals surface area contributed by atoms with Gasteiger partial charge in [0.2, 0.25) is 0 Å². The van der Waals surface area contributed by atoms with Crippen molar-refractivity contribution in [2.45, 2.75) is 78.6 Å². The number of rotatable bonds is 10. The third kappa shape index (κ3) is 9.12. The quantitative estimate of drug-likeness (QED) is 0.132. The molecule has 0 N–H and O–H groups in total. The number of anilines is 3. The number of fused-ring (bicyclic) bond motifs is 16. The second kappa shape index (κ2) is 21.5. The van der Waals surface area contributed by atoms with Gasteiger partial charge in [-0.2, -0.15) is 0 Å². The second-order valence-electron chi connectivity index (χ2n) is 29.5. The maximum absolute atomic E-state index is 2.54. The molecular weight excluding hydrogens is 1130 g/mol. The fraction of sp³-hybridized carbons (Fsp3) is 0.152. The van der Waals surface area contributed by atoms with Crippen LogP contribution in [0.4, 0.5) is 17.1 Å². The normalized spacial score (nSPS) is 15.1. The van der Waals surface area contributed by atoms with Crippen LogP contribution in [0.1, 0.15) is 107 Å². The smallest absolute Gasteiger partial charge is 0.0725 e. The van der Waals surface area contributed by atoms with E-state index >= 15 is 0 Å². The first kappa shape index (κ1) is 57.4. The largest absolute Gasteiger partial charge is 0.310 e. The monoisotopic (exact) mass is 1210 g/mol. The van der Waals surface area contributed by atoms with Crippen molar-refractivity contribution in [3.05, 3.63) is 336 Å². The number of para-hydroxylation sites is 1. The Labute approximate surface area is 554 Å². The molecule has 0 saturated heterocycles. The van der Waals surface area contributed by atoms with Crippen molar-refractivity contribution in [3.8, 4) is 83.6 Å². The molecule has 1 heterocycles. The van der Waals surface area contributed by atoms with Crippen LogP contribution in [0.15, 0.2) is 297 Å². The molecule has 1 spiro atoms. The van der Waals surface area contributed by atoms with E-state index in [1.165, 1.54) is 139 Å². The Balaban J connectivity index is 0.714. The van der Waals surface area contributed by atoms with E-state index in [1.54, 1.807) is 0 Å². The average Bonchev–Trinajstić information content (AvgIpc) is 1.51. The summed E-state index contributed by atoms with van der Waals surface area (Å²) in [6, 6.07) is 112. The van der Waals surface area contributed by atoms with Gasteiger partial charge in [0.05, 0.1) is 16.4 Å². The molecule has 94 heavy (non-hydrogen) atoms. The van der Waals surface area contributed by atoms with Crippen LogP contribution in [-0.2, 0) is 10.8 Å². The molecule has 454 valence electrons. The summed E-state index contributed by atoms with van der Waals surface area (Å²) < 4.78 is 2.44. The molecule has 14 aromatic rings. The molecule has 2 heteroatoms. The molecule has 0 aliphatic heterocycles. The molecule has 0 bridgehead atoms. The molecule has 17 rings (SSSR count). The summed E-state index contributed by atoms with van der Waals surface area (Å²) in [7, 11) is 0. The van der Waals surface area contributed by atoms with E-state index in [2.05, 4.69) is 362 Å². The highest BCUT2D eigenvalue weighted by Gasteiger charge is 2.52. The van der Waals surface area contributed by atoms with Gasteiger partial charge in [-0.05, 0) is 219 Å². The Morgan fingerprint density at radius 3 is 1.36 bits per heavy atom. The van der Waals surface area contributed by atoms with Crippen LogP contribution in [0.3, 0.4) is 0 Å². The predicted molar refractivity (Wildman–Crippen MR) is 397 cm³/mol. The molecule has 2 atom stereocenters. The molecule has 2 unspecified atom stereocenters. The maximum Gasteiger partial charge on any atom is 0.0725 e. The van der Waals surface area contributed by atoms with Gasteiger partial charge in [-0.1, -0.05) is 274 Å². The zero-order chi connectivity index (χ0) is 63.8. The van der Waals surface area contributed by atoms with Gasteiger partial charge in [-0.15, -0.1) is 0 Å². The summed E-state index contributed by atoms with van der Waals surface area (Å²) in [5.74, 6) is 0.426. The standard InChI is InChI=1S/C92H76N2/c1-89(2,3)58-86(90(4,5)6)67-24-20-23-63(53-67)66-40-50-77-74-27-14-18-31-82(74)92(85(77)56-66)81-30-17-13-26-73(81)76-49-39-65(55-84(76)92)62-37-46-70(47-38-62)94-87-32-19-15-28-78(87)79-54-64(41-52-88(79)94)61-35-44-69(45-36-61)93(68-42-33-60(34-43-68)59-21-10-9-11-22-59)71-48-51-75-72-25-12-16-29-80(72)91(7,8)83(75)57-71/h9-57,86H,58H2,1-8H3. The van der Waals surface area contributed by atoms with Crippen molar-refractivity contribution < 1.29 is 0 Å². The van der Waals surface area contributed by atoms with Crippen LogP contribution in [0.25, 0.3) is 105 Å². The number of hydrogen-bond acceptors (Lipinski definition) is 1. The average molecular weight is 1210 g/mol. The van der Waals surface area contributed by atoms with Crippen LogP contribution in [0.5, 0.6) is 0 Å². The summed E-state index contributed by atoms with van der Waals surface area (Å²) in [6.45, 7) is 19.1. The Bertz CT molecular complexity index is 5300. The van der Waals surface area contributed by atoms with Gasteiger partial charge in [0.1, 0.15) is 0 Å². The van der Waals surface area contributed by atoms with E-state index in [4.69, 9.17) is 0 Å². The molecule has 3 aliphatic carbocycles. The van der Waals surface area contributed by atoms with Gasteiger partial charge in [0.15, 0.2) is 0 Å². The van der Waals surface area contributed by atoms with Crippen molar-refractivity contribution in [2.24, 2.45) is 10.8 Å². The van der Waals surface area contributed by atoms with Gasteiger partial charge >= 0.3 is 0 Å². The first-order chi connectivity index (χ1) is 45.6. The van der Waals surface area contributed by atoms with Crippen LogP contribution < -0.4 is 4.90 Å². The lowest BCUT2D eigenvalue weighted by atomic mass is 9.68. The SMILES string of the molecule is CC(C)(C)CC(c1cccc(-c2ccc3c(c2)C2(c4ccccc4-c4ccc(-c5ccc(-n6c7ccccc7c7cc(-c8ccc(N(c9ccc(-c%10ccccc%10)cc9)c9ccc%10c(c9)C(C)(C)c9ccccc9-%10)cc8)ccc76)cc5)cc42)c2ccccc2-3)c1)C(C)(C)C. The van der Waals surface area contributed by atoms with Crippen molar-refractivity contribution in [2.75, 3.05) is 4.90 Å². The van der Waals surface area contributed by atoms with E-state index < -0.39 is 5.41 Å².